The van der Waals surface area contributed by atoms with Crippen molar-refractivity contribution in [1.82, 2.24) is 9.78 Å². The van der Waals surface area contributed by atoms with E-state index in [1.54, 1.807) is 42.5 Å². The monoisotopic (exact) mass is 454 g/mol. The average molecular weight is 454 g/mol. The van der Waals surface area contributed by atoms with Crippen molar-refractivity contribution < 1.29 is 23.9 Å². The number of para-hydroxylation sites is 1. The molecule has 0 aliphatic heterocycles. The minimum Gasteiger partial charge on any atom is -0.465 e. The largest absolute Gasteiger partial charge is 0.465 e. The summed E-state index contributed by atoms with van der Waals surface area (Å²) in [6.45, 7) is 1.53. The second-order valence-electron chi connectivity index (χ2n) is 7.52. The van der Waals surface area contributed by atoms with E-state index in [-0.39, 0.29) is 17.0 Å². The Kier molecular flexibility index (Phi) is 6.36. The highest BCUT2D eigenvalue weighted by atomic mass is 16.5. The lowest BCUT2D eigenvalue weighted by molar-refractivity contribution is 0.0549. The van der Waals surface area contributed by atoms with Gasteiger partial charge in [-0.25, -0.2) is 14.3 Å². The fraction of sp³-hybridized carbons (Fsp3) is 0.111. The van der Waals surface area contributed by atoms with Crippen LogP contribution in [0.15, 0.2) is 78.9 Å². The molecule has 1 aromatic heterocycles. The highest BCUT2D eigenvalue weighted by molar-refractivity contribution is 6.07. The maximum atomic E-state index is 12.8. The standard InChI is InChI=1S/C27H22N2O5/c1-17(30)20-8-7-9-21(16-20)18-12-14-19(15-13-18)24-23(26(31)33-2)25(27(32)34-3)29(28-24)22-10-5-4-6-11-22/h4-16H,1-3H3. The van der Waals surface area contributed by atoms with E-state index in [9.17, 15) is 14.4 Å². The van der Waals surface area contributed by atoms with E-state index in [4.69, 9.17) is 9.47 Å². The van der Waals surface area contributed by atoms with Gasteiger partial charge in [0, 0.05) is 11.1 Å². The Morgan fingerprint density at radius 3 is 2.00 bits per heavy atom. The third kappa shape index (κ3) is 4.23. The molecular formula is C27H22N2O5. The molecule has 0 amide bonds. The van der Waals surface area contributed by atoms with Crippen molar-refractivity contribution in [2.24, 2.45) is 0 Å². The predicted octanol–water partition coefficient (Wildman–Crippen LogP) is 4.98. The average Bonchev–Trinajstić information content (AvgIpc) is 3.29. The number of hydrogen-bond donors (Lipinski definition) is 0. The van der Waals surface area contributed by atoms with Crippen LogP contribution < -0.4 is 0 Å². The molecule has 7 nitrogen and oxygen atoms in total. The van der Waals surface area contributed by atoms with Gasteiger partial charge in [0.05, 0.1) is 19.9 Å². The number of ether oxygens (including phenoxy) is 2. The smallest absolute Gasteiger partial charge is 0.357 e. The fourth-order valence-corrected chi connectivity index (χ4v) is 3.70. The number of nitrogens with zero attached hydrogens (tertiary/aromatic N) is 2. The van der Waals surface area contributed by atoms with Gasteiger partial charge in [-0.15, -0.1) is 0 Å². The van der Waals surface area contributed by atoms with Crippen LogP contribution in [-0.2, 0) is 9.47 Å². The first-order valence-corrected chi connectivity index (χ1v) is 10.5. The van der Waals surface area contributed by atoms with Crippen molar-refractivity contribution in [3.63, 3.8) is 0 Å². The van der Waals surface area contributed by atoms with Crippen LogP contribution in [0.5, 0.6) is 0 Å². The van der Waals surface area contributed by atoms with Crippen molar-refractivity contribution in [3.8, 4) is 28.1 Å². The number of benzene rings is 3. The van der Waals surface area contributed by atoms with Crippen LogP contribution in [0.3, 0.4) is 0 Å². The molecule has 0 unspecified atom stereocenters. The van der Waals surface area contributed by atoms with E-state index in [0.717, 1.165) is 11.1 Å². The molecule has 1 heterocycles. The van der Waals surface area contributed by atoms with Gasteiger partial charge in [0.25, 0.3) is 0 Å². The molecule has 34 heavy (non-hydrogen) atoms. The van der Waals surface area contributed by atoms with Gasteiger partial charge >= 0.3 is 11.9 Å². The summed E-state index contributed by atoms with van der Waals surface area (Å²) >= 11 is 0. The van der Waals surface area contributed by atoms with Crippen LogP contribution in [0.4, 0.5) is 0 Å². The second kappa shape index (κ2) is 9.54. The molecule has 0 spiro atoms. The lowest BCUT2D eigenvalue weighted by Crippen LogP contribution is -2.15. The van der Waals surface area contributed by atoms with Crippen LogP contribution in [0, 0.1) is 0 Å². The second-order valence-corrected chi connectivity index (χ2v) is 7.52. The summed E-state index contributed by atoms with van der Waals surface area (Å²) in [6, 6.07) is 23.7. The molecule has 0 atom stereocenters. The molecule has 4 rings (SSSR count). The molecule has 0 radical (unpaired) electrons. The quantitative estimate of drug-likeness (QED) is 0.302. The summed E-state index contributed by atoms with van der Waals surface area (Å²) in [5, 5.41) is 4.60. The van der Waals surface area contributed by atoms with E-state index >= 15 is 0 Å². The molecule has 4 aromatic rings. The summed E-state index contributed by atoms with van der Waals surface area (Å²) in [6.07, 6.45) is 0. The number of esters is 2. The lowest BCUT2D eigenvalue weighted by atomic mass is 9.99. The predicted molar refractivity (Wildman–Crippen MR) is 127 cm³/mol. The summed E-state index contributed by atoms with van der Waals surface area (Å²) in [4.78, 5) is 37.2. The van der Waals surface area contributed by atoms with Crippen LogP contribution in [0.25, 0.3) is 28.1 Å². The van der Waals surface area contributed by atoms with Crippen molar-refractivity contribution >= 4 is 17.7 Å². The van der Waals surface area contributed by atoms with Gasteiger partial charge in [-0.3, -0.25) is 4.79 Å². The highest BCUT2D eigenvalue weighted by Crippen LogP contribution is 2.31. The van der Waals surface area contributed by atoms with Gasteiger partial charge in [0.15, 0.2) is 11.5 Å². The van der Waals surface area contributed by atoms with E-state index in [0.29, 0.717) is 22.5 Å². The van der Waals surface area contributed by atoms with Crippen LogP contribution in [0.2, 0.25) is 0 Å². The zero-order chi connectivity index (χ0) is 24.2. The molecule has 0 saturated heterocycles. The summed E-state index contributed by atoms with van der Waals surface area (Å²) in [5.41, 5.74) is 3.90. The first-order valence-electron chi connectivity index (χ1n) is 10.5. The maximum Gasteiger partial charge on any atom is 0.357 e. The summed E-state index contributed by atoms with van der Waals surface area (Å²) < 4.78 is 11.3. The minimum atomic E-state index is -0.708. The molecular weight excluding hydrogens is 432 g/mol. The Labute approximate surface area is 196 Å². The van der Waals surface area contributed by atoms with Gasteiger partial charge in [-0.2, -0.15) is 5.10 Å². The highest BCUT2D eigenvalue weighted by Gasteiger charge is 2.31. The van der Waals surface area contributed by atoms with Crippen LogP contribution in [0.1, 0.15) is 38.1 Å². The molecule has 0 aliphatic carbocycles. The SMILES string of the molecule is COC(=O)c1c(-c2ccc(-c3cccc(C(C)=O)c3)cc2)nn(-c2ccccc2)c1C(=O)OC. The number of carbonyl (C=O) groups excluding carboxylic acids is 3. The van der Waals surface area contributed by atoms with Crippen molar-refractivity contribution in [2.45, 2.75) is 6.92 Å². The van der Waals surface area contributed by atoms with Gasteiger partial charge in [0.1, 0.15) is 11.3 Å². The van der Waals surface area contributed by atoms with E-state index in [1.807, 2.05) is 36.4 Å². The molecule has 3 aromatic carbocycles. The molecule has 0 fully saturated rings. The van der Waals surface area contributed by atoms with Crippen molar-refractivity contribution in [3.05, 3.63) is 95.7 Å². The minimum absolute atomic E-state index is 0.0111. The number of ketones is 1. The van der Waals surface area contributed by atoms with Gasteiger partial charge in [-0.1, -0.05) is 60.7 Å². The zero-order valence-corrected chi connectivity index (χ0v) is 18.9. The number of aromatic nitrogens is 2. The Balaban J connectivity index is 1.86. The molecule has 0 aliphatic rings. The third-order valence-electron chi connectivity index (χ3n) is 5.42. The number of hydrogen-bond acceptors (Lipinski definition) is 6. The van der Waals surface area contributed by atoms with Gasteiger partial charge < -0.3 is 9.47 Å². The topological polar surface area (TPSA) is 87.5 Å². The molecule has 0 N–H and O–H groups in total. The Morgan fingerprint density at radius 1 is 0.735 bits per heavy atom. The van der Waals surface area contributed by atoms with E-state index in [1.165, 1.54) is 25.8 Å². The van der Waals surface area contributed by atoms with Crippen LogP contribution in [-0.4, -0.2) is 41.7 Å². The fourth-order valence-electron chi connectivity index (χ4n) is 3.70. The normalized spacial score (nSPS) is 10.6. The van der Waals surface area contributed by atoms with Crippen molar-refractivity contribution in [2.75, 3.05) is 14.2 Å². The summed E-state index contributed by atoms with van der Waals surface area (Å²) in [5.74, 6) is -1.42. The Morgan fingerprint density at radius 2 is 1.38 bits per heavy atom. The van der Waals surface area contributed by atoms with E-state index in [2.05, 4.69) is 5.10 Å². The molecule has 0 bridgehead atoms. The van der Waals surface area contributed by atoms with E-state index < -0.39 is 11.9 Å². The third-order valence-corrected chi connectivity index (χ3v) is 5.42. The van der Waals surface area contributed by atoms with Crippen molar-refractivity contribution in [1.29, 1.82) is 0 Å². The Hall–Kier alpha value is -4.52. The zero-order valence-electron chi connectivity index (χ0n) is 18.9. The molecule has 170 valence electrons. The number of rotatable bonds is 6. The first-order chi connectivity index (χ1) is 16.4. The van der Waals surface area contributed by atoms with Gasteiger partial charge in [-0.05, 0) is 36.2 Å². The number of carbonyl (C=O) groups is 3. The molecule has 7 heteroatoms. The number of Topliss-reactive ketones (excluding diaryl/α,β-unsaturated/α-hetero) is 1. The van der Waals surface area contributed by atoms with Gasteiger partial charge in [0.2, 0.25) is 0 Å². The maximum absolute atomic E-state index is 12.8. The number of methoxy groups -OCH3 is 2. The first kappa shape index (κ1) is 22.7. The summed E-state index contributed by atoms with van der Waals surface area (Å²) in [7, 11) is 2.49. The lowest BCUT2D eigenvalue weighted by Gasteiger charge is -2.07. The molecule has 0 saturated carbocycles. The Bertz CT molecular complexity index is 1370. The van der Waals surface area contributed by atoms with Crippen LogP contribution >= 0.6 is 0 Å².